The topological polar surface area (TPSA) is 64.6 Å². The first-order valence-electron chi connectivity index (χ1n) is 4.48. The Morgan fingerprint density at radius 3 is 2.44 bits per heavy atom. The molecule has 0 aliphatic carbocycles. The summed E-state index contributed by atoms with van der Waals surface area (Å²) in [6.07, 6.45) is -0.541. The molecule has 0 bridgehead atoms. The second-order valence-corrected chi connectivity index (χ2v) is 2.92. The monoisotopic (exact) mass is 219 g/mol. The highest BCUT2D eigenvalue weighted by molar-refractivity contribution is 6.55. The van der Waals surface area contributed by atoms with Gasteiger partial charge in [0, 0.05) is 5.69 Å². The molecule has 82 valence electrons. The van der Waals surface area contributed by atoms with Gasteiger partial charge in [-0.3, -0.25) is 10.1 Å². The summed E-state index contributed by atoms with van der Waals surface area (Å²) in [5.74, 6) is -0.822. The molecule has 0 spiro atoms. The Bertz CT molecular complexity index is 377. The molecule has 5 nitrogen and oxygen atoms in total. The average Bonchev–Trinajstić information content (AvgIpc) is 2.28. The smallest absolute Gasteiger partial charge is 0.411 e. The summed E-state index contributed by atoms with van der Waals surface area (Å²) >= 11 is 0. The van der Waals surface area contributed by atoms with Gasteiger partial charge in [0.1, 0.15) is 6.61 Å². The van der Waals surface area contributed by atoms with Crippen molar-refractivity contribution >= 4 is 25.5 Å². The number of rotatable bonds is 3. The molecule has 1 rings (SSSR count). The van der Waals surface area contributed by atoms with Crippen LogP contribution in [0.2, 0.25) is 0 Å². The van der Waals surface area contributed by atoms with Crippen LogP contribution in [0.4, 0.5) is 15.3 Å². The van der Waals surface area contributed by atoms with Crippen molar-refractivity contribution in [1.29, 1.82) is 0 Å². The predicted octanol–water partition coefficient (Wildman–Crippen LogP) is 1.67. The summed E-state index contributed by atoms with van der Waals surface area (Å²) in [4.78, 5) is 21.2. The van der Waals surface area contributed by atoms with Crippen molar-refractivity contribution in [3.63, 3.8) is 0 Å². The summed E-state index contributed by atoms with van der Waals surface area (Å²) in [5.41, 5.74) is 1.36. The van der Waals surface area contributed by atoms with E-state index >= 15 is 0 Å². The Balaban J connectivity index is 2.54. The second-order valence-electron chi connectivity index (χ2n) is 2.92. The van der Waals surface area contributed by atoms with Gasteiger partial charge in [-0.1, -0.05) is 12.1 Å². The van der Waals surface area contributed by atoms with Gasteiger partial charge in [-0.2, -0.15) is 0 Å². The molecule has 16 heavy (non-hydrogen) atoms. The lowest BCUT2D eigenvalue weighted by molar-refractivity contribution is 0.167. The van der Waals surface area contributed by atoms with E-state index in [2.05, 4.69) is 14.8 Å². The maximum Gasteiger partial charge on any atom is 0.411 e. The van der Waals surface area contributed by atoms with Crippen LogP contribution in [0.3, 0.4) is 0 Å². The van der Waals surface area contributed by atoms with Crippen molar-refractivity contribution in [3.8, 4) is 0 Å². The normalized spacial score (nSPS) is 9.31. The lowest BCUT2D eigenvalue weighted by Gasteiger charge is -2.05. The van der Waals surface area contributed by atoms with Gasteiger partial charge in [-0.15, -0.1) is 0 Å². The molecule has 0 aliphatic heterocycles. The number of nitrogens with one attached hydrogen (secondary N) is 1. The molecule has 2 radical (unpaired) electrons. The average molecular weight is 219 g/mol. The van der Waals surface area contributed by atoms with Gasteiger partial charge in [0.15, 0.2) is 0 Å². The zero-order valence-corrected chi connectivity index (χ0v) is 8.73. The van der Waals surface area contributed by atoms with Crippen LogP contribution >= 0.6 is 0 Å². The molecular weight excluding hydrogens is 209 g/mol. The standard InChI is InChI=1S/C10H10BNO4/c1-15-10(14)12-8-4-2-7(3-5-8)6-16-9(11)13/h2-5H,6H2,1H3,(H,12,14). The Morgan fingerprint density at radius 2 is 1.94 bits per heavy atom. The summed E-state index contributed by atoms with van der Waals surface area (Å²) in [7, 11) is 6.10. The number of amides is 1. The number of ether oxygens (including phenoxy) is 2. The Labute approximate surface area is 94.1 Å². The number of benzene rings is 1. The van der Waals surface area contributed by atoms with Gasteiger partial charge in [-0.25, -0.2) is 4.79 Å². The first-order chi connectivity index (χ1) is 7.61. The van der Waals surface area contributed by atoms with Crippen molar-refractivity contribution in [3.05, 3.63) is 29.8 Å². The third-order valence-corrected chi connectivity index (χ3v) is 1.77. The van der Waals surface area contributed by atoms with Crippen LogP contribution in [0.25, 0.3) is 0 Å². The first kappa shape index (κ1) is 12.1. The number of anilines is 1. The number of methoxy groups -OCH3 is 1. The van der Waals surface area contributed by atoms with Gasteiger partial charge in [0.25, 0.3) is 0 Å². The van der Waals surface area contributed by atoms with Crippen LogP contribution in [-0.2, 0) is 16.1 Å². The van der Waals surface area contributed by atoms with Crippen LogP contribution in [-0.4, -0.2) is 26.9 Å². The highest BCUT2D eigenvalue weighted by Crippen LogP contribution is 2.10. The Hall–Kier alpha value is -1.98. The quantitative estimate of drug-likeness (QED) is 0.785. The third kappa shape index (κ3) is 4.04. The zero-order chi connectivity index (χ0) is 12.0. The Morgan fingerprint density at radius 1 is 1.31 bits per heavy atom. The van der Waals surface area contributed by atoms with Crippen LogP contribution in [0.5, 0.6) is 0 Å². The Kier molecular flexibility index (Phi) is 4.38. The number of carbonyl (C=O) groups is 2. The molecule has 1 aromatic rings. The fourth-order valence-electron chi connectivity index (χ4n) is 1.01. The minimum atomic E-state index is -0.822. The molecule has 1 N–H and O–H groups in total. The maximum absolute atomic E-state index is 10.9. The minimum absolute atomic E-state index is 0.105. The molecular formula is C10H10BNO4. The fourth-order valence-corrected chi connectivity index (χ4v) is 1.01. The molecule has 0 saturated heterocycles. The molecule has 6 heteroatoms. The van der Waals surface area contributed by atoms with E-state index in [9.17, 15) is 9.59 Å². The predicted molar refractivity (Wildman–Crippen MR) is 58.4 cm³/mol. The van der Waals surface area contributed by atoms with Crippen molar-refractivity contribution in [2.45, 2.75) is 6.61 Å². The molecule has 0 heterocycles. The van der Waals surface area contributed by atoms with E-state index in [1.54, 1.807) is 24.3 Å². The molecule has 0 saturated carbocycles. The molecule has 0 aromatic heterocycles. The minimum Gasteiger partial charge on any atom is -0.470 e. The van der Waals surface area contributed by atoms with E-state index in [1.165, 1.54) is 7.11 Å². The van der Waals surface area contributed by atoms with Crippen LogP contribution < -0.4 is 5.32 Å². The lowest BCUT2D eigenvalue weighted by Crippen LogP contribution is -2.10. The van der Waals surface area contributed by atoms with Crippen molar-refractivity contribution in [2.75, 3.05) is 12.4 Å². The van der Waals surface area contributed by atoms with E-state index in [0.29, 0.717) is 5.69 Å². The molecule has 0 unspecified atom stereocenters. The molecule has 0 fully saturated rings. The van der Waals surface area contributed by atoms with Gasteiger partial charge >= 0.3 is 6.09 Å². The van der Waals surface area contributed by atoms with Crippen molar-refractivity contribution < 1.29 is 19.1 Å². The number of hydrogen-bond acceptors (Lipinski definition) is 4. The largest absolute Gasteiger partial charge is 0.470 e. The van der Waals surface area contributed by atoms with E-state index in [0.717, 1.165) is 5.56 Å². The van der Waals surface area contributed by atoms with Gasteiger partial charge in [0.2, 0.25) is 13.7 Å². The summed E-state index contributed by atoms with van der Waals surface area (Å²) in [6, 6.07) is 6.73. The summed E-state index contributed by atoms with van der Waals surface area (Å²) in [5, 5.41) is 2.49. The SMILES string of the molecule is [B]C(=O)OCc1ccc(NC(=O)OC)cc1. The van der Waals surface area contributed by atoms with Crippen LogP contribution in [0.15, 0.2) is 24.3 Å². The molecule has 0 aliphatic rings. The summed E-state index contributed by atoms with van der Waals surface area (Å²) in [6.45, 7) is 0.105. The molecule has 1 aromatic carbocycles. The second kappa shape index (κ2) is 5.80. The van der Waals surface area contributed by atoms with Crippen molar-refractivity contribution in [1.82, 2.24) is 0 Å². The van der Waals surface area contributed by atoms with Crippen molar-refractivity contribution in [2.24, 2.45) is 0 Å². The highest BCUT2D eigenvalue weighted by atomic mass is 16.5. The third-order valence-electron chi connectivity index (χ3n) is 1.77. The lowest BCUT2D eigenvalue weighted by atomic mass is 10.2. The van der Waals surface area contributed by atoms with Gasteiger partial charge in [-0.05, 0) is 17.7 Å². The molecule has 0 atom stereocenters. The summed E-state index contributed by atoms with van der Waals surface area (Å²) < 4.78 is 9.02. The highest BCUT2D eigenvalue weighted by Gasteiger charge is 2.00. The van der Waals surface area contributed by atoms with Gasteiger partial charge in [0.05, 0.1) is 7.11 Å². The maximum atomic E-state index is 10.9. The number of carbonyl (C=O) groups excluding carboxylic acids is 2. The van der Waals surface area contributed by atoms with E-state index in [-0.39, 0.29) is 6.61 Å². The van der Waals surface area contributed by atoms with Crippen LogP contribution in [0.1, 0.15) is 5.56 Å². The van der Waals surface area contributed by atoms with E-state index < -0.39 is 12.0 Å². The first-order valence-corrected chi connectivity index (χ1v) is 4.48. The van der Waals surface area contributed by atoms with Crippen LogP contribution in [0, 0.1) is 0 Å². The molecule has 1 amide bonds. The number of hydrogen-bond donors (Lipinski definition) is 1. The van der Waals surface area contributed by atoms with E-state index in [1.807, 2.05) is 0 Å². The fraction of sp³-hybridized carbons (Fsp3) is 0.200. The van der Waals surface area contributed by atoms with E-state index in [4.69, 9.17) is 7.85 Å². The zero-order valence-electron chi connectivity index (χ0n) is 8.73. The van der Waals surface area contributed by atoms with Gasteiger partial charge < -0.3 is 9.47 Å².